The summed E-state index contributed by atoms with van der Waals surface area (Å²) in [5, 5.41) is 2.68. The number of rotatable bonds is 4. The lowest BCUT2D eigenvalue weighted by Crippen LogP contribution is -1.83. The van der Waals surface area contributed by atoms with Crippen LogP contribution in [0.5, 0.6) is 0 Å². The molecule has 0 radical (unpaired) electrons. The van der Waals surface area contributed by atoms with E-state index in [1.165, 1.54) is 64.7 Å². The zero-order valence-electron chi connectivity index (χ0n) is 20.3. The SMILES string of the molecule is c1ccc(-c2ccc(-c3cccc(-c4ccc(-c5ccc6sc7ccccc7c6c5)cc4)c3)cc2)cc1. The van der Waals surface area contributed by atoms with E-state index >= 15 is 0 Å². The number of hydrogen-bond acceptors (Lipinski definition) is 1. The predicted octanol–water partition coefficient (Wildman–Crippen LogP) is 10.7. The van der Waals surface area contributed by atoms with Gasteiger partial charge in [0.1, 0.15) is 0 Å². The van der Waals surface area contributed by atoms with Crippen LogP contribution in [-0.4, -0.2) is 0 Å². The first-order valence-electron chi connectivity index (χ1n) is 12.6. The second-order valence-corrected chi connectivity index (χ2v) is 10.5. The van der Waals surface area contributed by atoms with Crippen molar-refractivity contribution in [3.63, 3.8) is 0 Å². The molecule has 6 aromatic carbocycles. The highest BCUT2D eigenvalue weighted by Crippen LogP contribution is 2.37. The van der Waals surface area contributed by atoms with Crippen molar-refractivity contribution in [2.45, 2.75) is 0 Å². The van der Waals surface area contributed by atoms with Gasteiger partial charge in [-0.2, -0.15) is 0 Å². The van der Waals surface area contributed by atoms with Crippen LogP contribution in [0.2, 0.25) is 0 Å². The molecule has 174 valence electrons. The fraction of sp³-hybridized carbons (Fsp3) is 0. The summed E-state index contributed by atoms with van der Waals surface area (Å²) in [5.74, 6) is 0. The zero-order chi connectivity index (χ0) is 24.6. The molecule has 0 unspecified atom stereocenters. The molecule has 7 rings (SSSR count). The Hall–Kier alpha value is -4.46. The quantitative estimate of drug-likeness (QED) is 0.231. The van der Waals surface area contributed by atoms with E-state index in [2.05, 4.69) is 146 Å². The highest BCUT2D eigenvalue weighted by molar-refractivity contribution is 7.25. The van der Waals surface area contributed by atoms with Gasteiger partial charge in [-0.05, 0) is 68.8 Å². The van der Waals surface area contributed by atoms with E-state index in [0.717, 1.165) is 0 Å². The smallest absolute Gasteiger partial charge is 0.0355 e. The number of benzene rings is 6. The third-order valence-corrected chi connectivity index (χ3v) is 8.27. The van der Waals surface area contributed by atoms with Crippen LogP contribution in [0.1, 0.15) is 0 Å². The fourth-order valence-electron chi connectivity index (χ4n) is 5.12. The van der Waals surface area contributed by atoms with Crippen molar-refractivity contribution in [1.82, 2.24) is 0 Å². The van der Waals surface area contributed by atoms with Gasteiger partial charge in [0.15, 0.2) is 0 Å². The average molecular weight is 489 g/mol. The molecule has 1 heterocycles. The third kappa shape index (κ3) is 4.14. The molecule has 0 aliphatic rings. The normalized spacial score (nSPS) is 11.2. The summed E-state index contributed by atoms with van der Waals surface area (Å²) in [6, 6.07) is 52.7. The lowest BCUT2D eigenvalue weighted by atomic mass is 9.96. The summed E-state index contributed by atoms with van der Waals surface area (Å²) in [5.41, 5.74) is 9.91. The Morgan fingerprint density at radius 3 is 1.35 bits per heavy atom. The van der Waals surface area contributed by atoms with Crippen molar-refractivity contribution >= 4 is 31.5 Å². The first-order valence-corrected chi connectivity index (χ1v) is 13.4. The molecule has 1 heteroatoms. The Balaban J connectivity index is 1.17. The summed E-state index contributed by atoms with van der Waals surface area (Å²) in [6.07, 6.45) is 0. The van der Waals surface area contributed by atoms with Gasteiger partial charge in [-0.25, -0.2) is 0 Å². The van der Waals surface area contributed by atoms with Gasteiger partial charge in [-0.3, -0.25) is 0 Å². The van der Waals surface area contributed by atoms with Crippen molar-refractivity contribution in [2.75, 3.05) is 0 Å². The summed E-state index contributed by atoms with van der Waals surface area (Å²) in [6.45, 7) is 0. The maximum absolute atomic E-state index is 2.34. The van der Waals surface area contributed by atoms with E-state index < -0.39 is 0 Å². The van der Waals surface area contributed by atoms with Crippen LogP contribution in [0, 0.1) is 0 Å². The Morgan fingerprint density at radius 1 is 0.270 bits per heavy atom. The van der Waals surface area contributed by atoms with Crippen molar-refractivity contribution in [2.24, 2.45) is 0 Å². The lowest BCUT2D eigenvalue weighted by molar-refractivity contribution is 1.57. The Bertz CT molecular complexity index is 1840. The third-order valence-electron chi connectivity index (χ3n) is 7.12. The largest absolute Gasteiger partial charge is 0.135 e. The molecular formula is C36H24S. The molecule has 0 fully saturated rings. The van der Waals surface area contributed by atoms with Gasteiger partial charge in [0.05, 0.1) is 0 Å². The van der Waals surface area contributed by atoms with Crippen LogP contribution in [0.3, 0.4) is 0 Å². The lowest BCUT2D eigenvalue weighted by Gasteiger charge is -2.09. The van der Waals surface area contributed by atoms with Gasteiger partial charge >= 0.3 is 0 Å². The average Bonchev–Trinajstić information content (AvgIpc) is 3.36. The van der Waals surface area contributed by atoms with E-state index in [1.54, 1.807) is 0 Å². The molecule has 0 amide bonds. The van der Waals surface area contributed by atoms with E-state index in [1.807, 2.05) is 11.3 Å². The van der Waals surface area contributed by atoms with Gasteiger partial charge in [-0.15, -0.1) is 11.3 Å². The summed E-state index contributed by atoms with van der Waals surface area (Å²) in [7, 11) is 0. The zero-order valence-corrected chi connectivity index (χ0v) is 21.1. The van der Waals surface area contributed by atoms with Crippen LogP contribution in [-0.2, 0) is 0 Å². The monoisotopic (exact) mass is 488 g/mol. The Labute approximate surface area is 221 Å². The van der Waals surface area contributed by atoms with E-state index in [-0.39, 0.29) is 0 Å². The van der Waals surface area contributed by atoms with Crippen molar-refractivity contribution < 1.29 is 0 Å². The molecule has 0 spiro atoms. The molecule has 0 bridgehead atoms. The number of thiophene rings is 1. The van der Waals surface area contributed by atoms with Gasteiger partial charge in [0.2, 0.25) is 0 Å². The second kappa shape index (κ2) is 9.20. The molecule has 0 saturated carbocycles. The molecule has 0 atom stereocenters. The molecule has 1 aromatic heterocycles. The van der Waals surface area contributed by atoms with Crippen LogP contribution in [0.25, 0.3) is 64.7 Å². The summed E-state index contributed by atoms with van der Waals surface area (Å²) in [4.78, 5) is 0. The van der Waals surface area contributed by atoms with Gasteiger partial charge in [0.25, 0.3) is 0 Å². The topological polar surface area (TPSA) is 0 Å². The molecule has 7 aromatic rings. The Kier molecular flexibility index (Phi) is 5.42. The first-order chi connectivity index (χ1) is 18.3. The highest BCUT2D eigenvalue weighted by Gasteiger charge is 2.08. The van der Waals surface area contributed by atoms with Gasteiger partial charge < -0.3 is 0 Å². The van der Waals surface area contributed by atoms with Gasteiger partial charge in [-0.1, -0.05) is 121 Å². The van der Waals surface area contributed by atoms with Crippen LogP contribution >= 0.6 is 11.3 Å². The van der Waals surface area contributed by atoms with E-state index in [9.17, 15) is 0 Å². The molecule has 37 heavy (non-hydrogen) atoms. The van der Waals surface area contributed by atoms with E-state index in [0.29, 0.717) is 0 Å². The van der Waals surface area contributed by atoms with Crippen molar-refractivity contribution in [3.8, 4) is 44.5 Å². The molecule has 0 nitrogen and oxygen atoms in total. The number of hydrogen-bond donors (Lipinski definition) is 0. The Morgan fingerprint density at radius 2 is 0.703 bits per heavy atom. The van der Waals surface area contributed by atoms with Gasteiger partial charge in [0, 0.05) is 20.2 Å². The minimum Gasteiger partial charge on any atom is -0.135 e. The van der Waals surface area contributed by atoms with Crippen molar-refractivity contribution in [1.29, 1.82) is 0 Å². The maximum Gasteiger partial charge on any atom is 0.0355 e. The number of fused-ring (bicyclic) bond motifs is 3. The van der Waals surface area contributed by atoms with E-state index in [4.69, 9.17) is 0 Å². The standard InChI is InChI=1S/C36H24S/c1-2-7-25(8-3-1)26-13-15-27(16-14-26)30-9-6-10-31(23-30)28-17-19-29(20-18-28)32-21-22-36-34(24-32)33-11-4-5-12-35(33)37-36/h1-24H. The molecule has 0 aliphatic carbocycles. The maximum atomic E-state index is 2.34. The van der Waals surface area contributed by atoms with Crippen LogP contribution in [0.4, 0.5) is 0 Å². The summed E-state index contributed by atoms with van der Waals surface area (Å²) >= 11 is 1.86. The van der Waals surface area contributed by atoms with Crippen LogP contribution < -0.4 is 0 Å². The first kappa shape index (κ1) is 21.8. The fourth-order valence-corrected chi connectivity index (χ4v) is 6.21. The molecule has 0 saturated heterocycles. The highest BCUT2D eigenvalue weighted by atomic mass is 32.1. The minimum atomic E-state index is 1.23. The molecule has 0 aliphatic heterocycles. The van der Waals surface area contributed by atoms with Crippen LogP contribution in [0.15, 0.2) is 146 Å². The summed E-state index contributed by atoms with van der Waals surface area (Å²) < 4.78 is 2.69. The molecule has 0 N–H and O–H groups in total. The minimum absolute atomic E-state index is 1.23. The molecular weight excluding hydrogens is 464 g/mol. The van der Waals surface area contributed by atoms with Crippen molar-refractivity contribution in [3.05, 3.63) is 146 Å². The predicted molar refractivity (Wildman–Crippen MR) is 161 cm³/mol. The second-order valence-electron chi connectivity index (χ2n) is 9.41.